The van der Waals surface area contributed by atoms with E-state index in [2.05, 4.69) is 34.6 Å². The lowest BCUT2D eigenvalue weighted by Gasteiger charge is -2.59. The fourth-order valence-corrected chi connectivity index (χ4v) is 9.99. The molecule has 0 amide bonds. The van der Waals surface area contributed by atoms with Crippen molar-refractivity contribution in [3.63, 3.8) is 0 Å². The van der Waals surface area contributed by atoms with Gasteiger partial charge in [-0.25, -0.2) is 0 Å². The third kappa shape index (κ3) is 3.02. The van der Waals surface area contributed by atoms with Crippen molar-refractivity contribution in [1.29, 1.82) is 0 Å². The first-order valence-corrected chi connectivity index (χ1v) is 13.5. The second-order valence-electron chi connectivity index (χ2n) is 12.9. The predicted molar refractivity (Wildman–Crippen MR) is 122 cm³/mol. The van der Waals surface area contributed by atoms with E-state index in [0.717, 1.165) is 41.9 Å². The van der Waals surface area contributed by atoms with Crippen LogP contribution in [-0.2, 0) is 4.74 Å². The second kappa shape index (κ2) is 7.13. The van der Waals surface area contributed by atoms with E-state index in [1.165, 1.54) is 64.2 Å². The van der Waals surface area contributed by atoms with Gasteiger partial charge in [-0.3, -0.25) is 0 Å². The molecule has 7 unspecified atom stereocenters. The van der Waals surface area contributed by atoms with Gasteiger partial charge < -0.3 is 4.74 Å². The molecular formula is C27H45ClO. The lowest BCUT2D eigenvalue weighted by molar-refractivity contribution is -0.0996. The molecule has 1 aliphatic heterocycles. The van der Waals surface area contributed by atoms with Crippen LogP contribution in [0.2, 0.25) is 0 Å². The monoisotopic (exact) mass is 420 g/mol. The Morgan fingerprint density at radius 3 is 2.52 bits per heavy atom. The molecule has 5 rings (SSSR count). The highest BCUT2D eigenvalue weighted by Crippen LogP contribution is 2.74. The summed E-state index contributed by atoms with van der Waals surface area (Å²) in [6.45, 7) is 12.7. The van der Waals surface area contributed by atoms with Crippen molar-refractivity contribution in [3.8, 4) is 0 Å². The molecule has 0 aromatic carbocycles. The highest BCUT2D eigenvalue weighted by Gasteiger charge is 2.75. The Hall–Kier alpha value is 0.250. The third-order valence-electron chi connectivity index (χ3n) is 11.2. The molecule has 0 N–H and O–H groups in total. The highest BCUT2D eigenvalue weighted by atomic mass is 35.5. The average molecular weight is 421 g/mol. The number of rotatable bonds is 5. The molecule has 4 aliphatic carbocycles. The number of hydrogen-bond acceptors (Lipinski definition) is 1. The predicted octanol–water partition coefficient (Wildman–Crippen LogP) is 7.85. The quantitative estimate of drug-likeness (QED) is 0.325. The molecule has 29 heavy (non-hydrogen) atoms. The topological polar surface area (TPSA) is 12.5 Å². The summed E-state index contributed by atoms with van der Waals surface area (Å²) in [6, 6.07) is 0. The van der Waals surface area contributed by atoms with Gasteiger partial charge in [0.05, 0.1) is 6.10 Å². The largest absolute Gasteiger partial charge is 0.365 e. The van der Waals surface area contributed by atoms with Gasteiger partial charge in [-0.1, -0.05) is 53.9 Å². The third-order valence-corrected chi connectivity index (χ3v) is 11.6. The zero-order valence-corrected chi connectivity index (χ0v) is 20.4. The van der Waals surface area contributed by atoms with E-state index in [9.17, 15) is 0 Å². The minimum atomic E-state index is 0.161. The fraction of sp³-hybridized carbons (Fsp3) is 1.00. The van der Waals surface area contributed by atoms with Crippen LogP contribution in [0.5, 0.6) is 0 Å². The van der Waals surface area contributed by atoms with Gasteiger partial charge in [-0.15, -0.1) is 11.6 Å². The molecule has 1 heterocycles. The molecule has 0 bridgehead atoms. The Balaban J connectivity index is 1.33. The van der Waals surface area contributed by atoms with E-state index >= 15 is 0 Å². The Labute approximate surface area is 185 Å². The molecule has 0 aromatic heterocycles. The first-order valence-electron chi connectivity index (χ1n) is 13.0. The van der Waals surface area contributed by atoms with Crippen LogP contribution in [0.1, 0.15) is 105 Å². The molecule has 1 nitrogen and oxygen atoms in total. The van der Waals surface area contributed by atoms with Crippen molar-refractivity contribution in [2.45, 2.75) is 122 Å². The van der Waals surface area contributed by atoms with Gasteiger partial charge in [-0.05, 0) is 92.3 Å². The molecule has 10 atom stereocenters. The molecule has 5 fully saturated rings. The fourth-order valence-electron chi connectivity index (χ4n) is 9.65. The van der Waals surface area contributed by atoms with Gasteiger partial charge in [0, 0.05) is 10.8 Å². The van der Waals surface area contributed by atoms with Gasteiger partial charge >= 0.3 is 0 Å². The Morgan fingerprint density at radius 1 is 0.966 bits per heavy atom. The van der Waals surface area contributed by atoms with E-state index in [0.29, 0.717) is 22.3 Å². The number of ether oxygens (including phenoxy) is 1. The number of alkyl halides is 1. The van der Waals surface area contributed by atoms with Gasteiger partial charge in [0.1, 0.15) is 5.60 Å². The molecule has 4 saturated carbocycles. The molecule has 1 saturated heterocycles. The zero-order chi connectivity index (χ0) is 20.6. The maximum atomic E-state index is 6.64. The smallest absolute Gasteiger partial charge is 0.102 e. The molecular weight excluding hydrogens is 376 g/mol. The van der Waals surface area contributed by atoms with Crippen LogP contribution >= 0.6 is 11.6 Å². The van der Waals surface area contributed by atoms with Crippen molar-refractivity contribution >= 4 is 11.6 Å². The standard InChI is InChI=1S/C27H45ClO/c1-17(2)7-6-8-18(3)21-9-10-22-20-15-24-27(29-24)16-19(28)11-14-26(27,5)23(20)12-13-25(21,22)4/h17-24H,6-16H2,1-5H3/t18-,19?,20?,21?,22?,23?,24+,25?,26?,27+/m1/s1. The van der Waals surface area contributed by atoms with Crippen LogP contribution in [0.4, 0.5) is 0 Å². The average Bonchev–Trinajstić information content (AvgIpc) is 3.22. The SMILES string of the molecule is CC(C)CCC[C@@H](C)C1CCC2C3C[C@@H]4O[C@@]45CC(Cl)CCC5(C)C3CCC21C. The number of halogens is 1. The summed E-state index contributed by atoms with van der Waals surface area (Å²) in [6.07, 6.45) is 15.7. The van der Waals surface area contributed by atoms with Crippen molar-refractivity contribution in [2.24, 2.45) is 46.3 Å². The Kier molecular flexibility index (Phi) is 5.19. The lowest BCUT2D eigenvalue weighted by atomic mass is 9.44. The maximum Gasteiger partial charge on any atom is 0.102 e. The summed E-state index contributed by atoms with van der Waals surface area (Å²) in [5.41, 5.74) is 1.15. The highest BCUT2D eigenvalue weighted by molar-refractivity contribution is 6.20. The number of epoxide rings is 1. The van der Waals surface area contributed by atoms with Crippen LogP contribution in [-0.4, -0.2) is 17.1 Å². The summed E-state index contributed by atoms with van der Waals surface area (Å²) in [5, 5.41) is 0.348. The second-order valence-corrected chi connectivity index (χ2v) is 13.5. The van der Waals surface area contributed by atoms with Gasteiger partial charge in [0.25, 0.3) is 0 Å². The van der Waals surface area contributed by atoms with Crippen molar-refractivity contribution in [1.82, 2.24) is 0 Å². The van der Waals surface area contributed by atoms with Gasteiger partial charge in [0.15, 0.2) is 0 Å². The van der Waals surface area contributed by atoms with Crippen LogP contribution in [0.15, 0.2) is 0 Å². The van der Waals surface area contributed by atoms with E-state index in [1.807, 2.05) is 0 Å². The molecule has 5 aliphatic rings. The van der Waals surface area contributed by atoms with Gasteiger partial charge in [0.2, 0.25) is 0 Å². The summed E-state index contributed by atoms with van der Waals surface area (Å²) in [4.78, 5) is 0. The zero-order valence-electron chi connectivity index (χ0n) is 19.7. The molecule has 1 spiro atoms. The van der Waals surface area contributed by atoms with Gasteiger partial charge in [-0.2, -0.15) is 0 Å². The minimum absolute atomic E-state index is 0.161. The lowest BCUT2D eigenvalue weighted by Crippen LogP contribution is -2.58. The van der Waals surface area contributed by atoms with Crippen molar-refractivity contribution < 1.29 is 4.74 Å². The van der Waals surface area contributed by atoms with Crippen molar-refractivity contribution in [2.75, 3.05) is 0 Å². The molecule has 2 heteroatoms. The van der Waals surface area contributed by atoms with Crippen LogP contribution in [0, 0.1) is 46.3 Å². The first-order chi connectivity index (χ1) is 13.7. The summed E-state index contributed by atoms with van der Waals surface area (Å²) < 4.78 is 6.58. The normalized spacial score (nSPS) is 54.3. The van der Waals surface area contributed by atoms with E-state index in [1.54, 1.807) is 0 Å². The molecule has 0 aromatic rings. The first kappa shape index (κ1) is 21.1. The van der Waals surface area contributed by atoms with Crippen LogP contribution in [0.3, 0.4) is 0 Å². The van der Waals surface area contributed by atoms with E-state index < -0.39 is 0 Å². The molecule has 0 radical (unpaired) electrons. The Morgan fingerprint density at radius 2 is 1.76 bits per heavy atom. The summed E-state index contributed by atoms with van der Waals surface area (Å²) in [5.74, 6) is 5.47. The van der Waals surface area contributed by atoms with Crippen LogP contribution in [0.25, 0.3) is 0 Å². The summed E-state index contributed by atoms with van der Waals surface area (Å²) >= 11 is 6.64. The van der Waals surface area contributed by atoms with E-state index in [-0.39, 0.29) is 5.60 Å². The number of hydrogen-bond donors (Lipinski definition) is 0. The van der Waals surface area contributed by atoms with Crippen molar-refractivity contribution in [3.05, 3.63) is 0 Å². The molecule has 166 valence electrons. The summed E-state index contributed by atoms with van der Waals surface area (Å²) in [7, 11) is 0. The minimum Gasteiger partial charge on any atom is -0.365 e. The van der Waals surface area contributed by atoms with Crippen LogP contribution < -0.4 is 0 Å². The number of fused-ring (bicyclic) bond motifs is 4. The maximum absolute atomic E-state index is 6.64. The van der Waals surface area contributed by atoms with E-state index in [4.69, 9.17) is 16.3 Å². The Bertz CT molecular complexity index is 632.